The zero-order valence-electron chi connectivity index (χ0n) is 17.3. The molecule has 1 fully saturated rings. The fourth-order valence-electron chi connectivity index (χ4n) is 5.30. The van der Waals surface area contributed by atoms with Gasteiger partial charge in [0.05, 0.1) is 22.1 Å². The molecule has 3 amide bonds. The summed E-state index contributed by atoms with van der Waals surface area (Å²) in [5, 5.41) is 21.6. The Bertz CT molecular complexity index is 1210. The third-order valence-electron chi connectivity index (χ3n) is 6.73. The van der Waals surface area contributed by atoms with Gasteiger partial charge in [-0.15, -0.1) is 0 Å². The van der Waals surface area contributed by atoms with E-state index < -0.39 is 46.7 Å². The second-order valence-electron chi connectivity index (χ2n) is 8.39. The maximum absolute atomic E-state index is 13.8. The fraction of sp³-hybridized carbons (Fsp3) is 0.304. The number of hydrogen-bond donors (Lipinski definition) is 1. The second kappa shape index (κ2) is 7.51. The van der Waals surface area contributed by atoms with Crippen LogP contribution in [0, 0.1) is 10.1 Å². The van der Waals surface area contributed by atoms with Crippen LogP contribution in [-0.4, -0.2) is 55.6 Å². The first-order chi connectivity index (χ1) is 15.8. The van der Waals surface area contributed by atoms with Crippen LogP contribution in [0.3, 0.4) is 0 Å². The number of nitro benzene ring substituents is 1. The fourth-order valence-corrected chi connectivity index (χ4v) is 5.30. The molecule has 0 aromatic heterocycles. The lowest BCUT2D eigenvalue weighted by Crippen LogP contribution is -2.56. The molecule has 2 aromatic rings. The van der Waals surface area contributed by atoms with Crippen molar-refractivity contribution >= 4 is 29.4 Å². The van der Waals surface area contributed by atoms with Crippen LogP contribution in [0.2, 0.25) is 0 Å². The number of fused-ring (bicyclic) bond motifs is 4. The van der Waals surface area contributed by atoms with Gasteiger partial charge in [0.1, 0.15) is 12.1 Å². The molecule has 3 atom stereocenters. The Hall–Kier alpha value is -4.08. The first-order valence-corrected chi connectivity index (χ1v) is 10.6. The Labute approximate surface area is 187 Å². The first-order valence-electron chi connectivity index (χ1n) is 10.6. The largest absolute Gasteiger partial charge is 0.480 e. The van der Waals surface area contributed by atoms with Crippen molar-refractivity contribution in [1.82, 2.24) is 9.80 Å². The van der Waals surface area contributed by atoms with Crippen molar-refractivity contribution < 1.29 is 29.2 Å². The van der Waals surface area contributed by atoms with Gasteiger partial charge >= 0.3 is 5.97 Å². The number of imide groups is 1. The van der Waals surface area contributed by atoms with Gasteiger partial charge in [-0.2, -0.15) is 0 Å². The molecule has 1 N–H and O–H groups in total. The van der Waals surface area contributed by atoms with Crippen LogP contribution < -0.4 is 0 Å². The van der Waals surface area contributed by atoms with Crippen molar-refractivity contribution in [3.63, 3.8) is 0 Å². The van der Waals surface area contributed by atoms with Crippen LogP contribution in [0.4, 0.5) is 5.69 Å². The number of amides is 3. The van der Waals surface area contributed by atoms with Crippen molar-refractivity contribution in [3.05, 3.63) is 74.8 Å². The molecule has 0 bridgehead atoms. The molecule has 0 unspecified atom stereocenters. The van der Waals surface area contributed by atoms with Gasteiger partial charge in [-0.25, -0.2) is 4.79 Å². The first kappa shape index (κ1) is 20.8. The quantitative estimate of drug-likeness (QED) is 0.431. The normalized spacial score (nSPS) is 24.1. The van der Waals surface area contributed by atoms with Crippen molar-refractivity contribution in [1.29, 1.82) is 0 Å². The molecule has 3 aliphatic heterocycles. The zero-order chi connectivity index (χ0) is 23.4. The monoisotopic (exact) mass is 449 g/mol. The predicted octanol–water partition coefficient (Wildman–Crippen LogP) is 2.32. The molecule has 0 radical (unpaired) electrons. The van der Waals surface area contributed by atoms with Gasteiger partial charge in [0.25, 0.3) is 17.5 Å². The smallest absolute Gasteiger partial charge is 0.326 e. The van der Waals surface area contributed by atoms with E-state index in [1.807, 2.05) is 0 Å². The van der Waals surface area contributed by atoms with Gasteiger partial charge in [0.15, 0.2) is 0 Å². The lowest BCUT2D eigenvalue weighted by molar-refractivity contribution is -0.385. The van der Waals surface area contributed by atoms with Gasteiger partial charge in [-0.05, 0) is 37.0 Å². The summed E-state index contributed by atoms with van der Waals surface area (Å²) in [6, 6.07) is 7.41. The average Bonchev–Trinajstić information content (AvgIpc) is 2.98. The topological polar surface area (TPSA) is 138 Å². The molecule has 10 nitrogen and oxygen atoms in total. The molecule has 1 saturated heterocycles. The number of nitro groups is 1. The lowest BCUT2D eigenvalue weighted by atomic mass is 9.88. The second-order valence-corrected chi connectivity index (χ2v) is 8.39. The number of carboxylic acid groups (broad SMARTS) is 1. The highest BCUT2D eigenvalue weighted by atomic mass is 16.6. The molecule has 0 saturated carbocycles. The average molecular weight is 449 g/mol. The minimum absolute atomic E-state index is 0.146. The number of carbonyl (C=O) groups excluding carboxylic acids is 3. The Kier molecular flexibility index (Phi) is 4.73. The van der Waals surface area contributed by atoms with E-state index in [1.54, 1.807) is 18.2 Å². The number of carboxylic acids is 1. The standard InChI is InChI=1S/C23H19N3O7/c27-20-13-5-1-2-6-14(13)21(28)25(20)19-11-15-12(7-3-9-17(15)26(32)33)16-8-4-10-18(23(30)31)24(16)22(19)29/h1-3,5-7,9,16,18-19H,4,8,10-11H2,(H,30,31)/t16-,18+,19+/m0/s1. The number of piperidine rings is 1. The minimum atomic E-state index is -1.39. The van der Waals surface area contributed by atoms with Crippen LogP contribution in [0.1, 0.15) is 57.1 Å². The minimum Gasteiger partial charge on any atom is -0.480 e. The molecule has 3 aliphatic rings. The van der Waals surface area contributed by atoms with E-state index in [4.69, 9.17) is 0 Å². The number of nitrogens with zero attached hydrogens (tertiary/aromatic N) is 3. The highest BCUT2D eigenvalue weighted by Crippen LogP contribution is 2.43. The SMILES string of the molecule is O=C(O)[C@H]1CCC[C@H]2c3cccc([N+](=O)[O-])c3C[C@@H](N3C(=O)c4ccccc4C3=O)C(=O)N12. The highest BCUT2D eigenvalue weighted by molar-refractivity contribution is 6.23. The number of carbonyl (C=O) groups is 4. The van der Waals surface area contributed by atoms with Gasteiger partial charge in [-0.1, -0.05) is 24.3 Å². The van der Waals surface area contributed by atoms with Gasteiger partial charge in [0.2, 0.25) is 5.91 Å². The summed E-state index contributed by atoms with van der Waals surface area (Å²) >= 11 is 0. The van der Waals surface area contributed by atoms with Crippen LogP contribution in [0.5, 0.6) is 0 Å². The summed E-state index contributed by atoms with van der Waals surface area (Å²) in [7, 11) is 0. The number of benzene rings is 2. The summed E-state index contributed by atoms with van der Waals surface area (Å²) < 4.78 is 0. The Morgan fingerprint density at radius 3 is 2.24 bits per heavy atom. The third-order valence-corrected chi connectivity index (χ3v) is 6.73. The van der Waals surface area contributed by atoms with E-state index >= 15 is 0 Å². The van der Waals surface area contributed by atoms with E-state index in [1.165, 1.54) is 29.2 Å². The molecule has 0 aliphatic carbocycles. The number of rotatable bonds is 3. The van der Waals surface area contributed by atoms with Crippen LogP contribution >= 0.6 is 0 Å². The molecule has 10 heteroatoms. The zero-order valence-corrected chi connectivity index (χ0v) is 17.3. The summed E-state index contributed by atoms with van der Waals surface area (Å²) in [5.41, 5.74) is 0.805. The molecular formula is C23H19N3O7. The maximum atomic E-state index is 13.8. The van der Waals surface area contributed by atoms with Crippen molar-refractivity contribution in [2.24, 2.45) is 0 Å². The molecular weight excluding hydrogens is 430 g/mol. The Morgan fingerprint density at radius 1 is 0.970 bits per heavy atom. The van der Waals surface area contributed by atoms with E-state index in [9.17, 15) is 34.4 Å². The van der Waals surface area contributed by atoms with Crippen molar-refractivity contribution in [2.75, 3.05) is 0 Å². The van der Waals surface area contributed by atoms with E-state index in [0.717, 1.165) is 4.90 Å². The molecule has 5 rings (SSSR count). The van der Waals surface area contributed by atoms with Crippen molar-refractivity contribution in [2.45, 2.75) is 43.8 Å². The Morgan fingerprint density at radius 2 is 1.64 bits per heavy atom. The van der Waals surface area contributed by atoms with Crippen LogP contribution in [0.25, 0.3) is 0 Å². The van der Waals surface area contributed by atoms with E-state index in [2.05, 4.69) is 0 Å². The molecule has 0 spiro atoms. The third kappa shape index (κ3) is 3.01. The van der Waals surface area contributed by atoms with Gasteiger partial charge in [0, 0.05) is 18.1 Å². The number of hydrogen-bond acceptors (Lipinski definition) is 6. The van der Waals surface area contributed by atoms with Crippen LogP contribution in [-0.2, 0) is 16.0 Å². The number of aliphatic carboxylic acids is 1. The Balaban J connectivity index is 1.70. The molecule has 168 valence electrons. The lowest BCUT2D eigenvalue weighted by Gasteiger charge is -2.41. The predicted molar refractivity (Wildman–Crippen MR) is 112 cm³/mol. The van der Waals surface area contributed by atoms with E-state index in [0.29, 0.717) is 18.4 Å². The van der Waals surface area contributed by atoms with E-state index in [-0.39, 0.29) is 35.2 Å². The van der Waals surface area contributed by atoms with Crippen molar-refractivity contribution in [3.8, 4) is 0 Å². The summed E-state index contributed by atoms with van der Waals surface area (Å²) in [6.07, 6.45) is 0.913. The summed E-state index contributed by atoms with van der Waals surface area (Å²) in [4.78, 5) is 65.5. The molecule has 33 heavy (non-hydrogen) atoms. The maximum Gasteiger partial charge on any atom is 0.326 e. The van der Waals surface area contributed by atoms with Crippen LogP contribution in [0.15, 0.2) is 42.5 Å². The highest BCUT2D eigenvalue weighted by Gasteiger charge is 2.51. The molecule has 2 aromatic carbocycles. The summed E-state index contributed by atoms with van der Waals surface area (Å²) in [5.74, 6) is -3.22. The van der Waals surface area contributed by atoms with Gasteiger partial charge < -0.3 is 10.0 Å². The molecule has 3 heterocycles. The van der Waals surface area contributed by atoms with Gasteiger partial charge in [-0.3, -0.25) is 29.4 Å². The summed E-state index contributed by atoms with van der Waals surface area (Å²) in [6.45, 7) is 0.